The average Bonchev–Trinajstić information content (AvgIpc) is 3.22. The van der Waals surface area contributed by atoms with Crippen LogP contribution in [0, 0.1) is 13.8 Å². The minimum Gasteiger partial charge on any atom is -0.384 e. The second-order valence-electron chi connectivity index (χ2n) is 6.48. The summed E-state index contributed by atoms with van der Waals surface area (Å²) in [6.45, 7) is 4.91. The number of fused-ring (bicyclic) bond motifs is 1. The monoisotopic (exact) mass is 332 g/mol. The van der Waals surface area contributed by atoms with Crippen molar-refractivity contribution in [3.05, 3.63) is 71.3 Å². The standard InChI is InChI=1S/C20H20N4O/c1-13-7-17(10-18(8-13)24-11-14(2)22-12-24)23-20(25)16-4-3-15-5-6-21-19(15)9-16/h3-4,7-12,21H,5-6H2,1-2H3,(H,23,25). The molecule has 1 aliphatic heterocycles. The largest absolute Gasteiger partial charge is 0.384 e. The molecule has 0 spiro atoms. The third kappa shape index (κ3) is 3.13. The molecule has 5 nitrogen and oxygen atoms in total. The molecule has 0 bridgehead atoms. The average molecular weight is 332 g/mol. The van der Waals surface area contributed by atoms with Crippen molar-refractivity contribution in [3.8, 4) is 5.69 Å². The number of aromatic nitrogens is 2. The van der Waals surface area contributed by atoms with E-state index in [9.17, 15) is 4.79 Å². The van der Waals surface area contributed by atoms with Crippen LogP contribution in [0.3, 0.4) is 0 Å². The SMILES string of the molecule is Cc1cc(NC(=O)c2ccc3c(c2)NCC3)cc(-n2cnc(C)c2)c1. The highest BCUT2D eigenvalue weighted by Gasteiger charge is 2.14. The van der Waals surface area contributed by atoms with Crippen molar-refractivity contribution in [3.63, 3.8) is 0 Å². The van der Waals surface area contributed by atoms with Crippen molar-refractivity contribution < 1.29 is 4.79 Å². The number of anilines is 2. The van der Waals surface area contributed by atoms with Gasteiger partial charge in [0.1, 0.15) is 0 Å². The molecule has 126 valence electrons. The second-order valence-corrected chi connectivity index (χ2v) is 6.48. The van der Waals surface area contributed by atoms with Crippen LogP contribution in [-0.4, -0.2) is 22.0 Å². The third-order valence-corrected chi connectivity index (χ3v) is 4.41. The number of carbonyl (C=O) groups excluding carboxylic acids is 1. The molecule has 4 rings (SSSR count). The Morgan fingerprint density at radius 1 is 1.20 bits per heavy atom. The van der Waals surface area contributed by atoms with Crippen molar-refractivity contribution in [1.29, 1.82) is 0 Å². The molecule has 0 saturated carbocycles. The maximum Gasteiger partial charge on any atom is 0.255 e. The van der Waals surface area contributed by atoms with E-state index in [2.05, 4.69) is 21.7 Å². The zero-order valence-corrected chi connectivity index (χ0v) is 14.3. The fraction of sp³-hybridized carbons (Fsp3) is 0.200. The van der Waals surface area contributed by atoms with Gasteiger partial charge < -0.3 is 15.2 Å². The van der Waals surface area contributed by atoms with Gasteiger partial charge >= 0.3 is 0 Å². The molecule has 0 radical (unpaired) electrons. The van der Waals surface area contributed by atoms with Crippen LogP contribution in [0.25, 0.3) is 5.69 Å². The molecule has 0 saturated heterocycles. The van der Waals surface area contributed by atoms with Crippen LogP contribution in [0.1, 0.15) is 27.2 Å². The Balaban J connectivity index is 1.60. The minimum atomic E-state index is -0.102. The topological polar surface area (TPSA) is 59.0 Å². The molecular formula is C20H20N4O. The lowest BCUT2D eigenvalue weighted by Crippen LogP contribution is -2.12. The molecule has 2 aromatic carbocycles. The van der Waals surface area contributed by atoms with Crippen LogP contribution >= 0.6 is 0 Å². The minimum absolute atomic E-state index is 0.102. The second kappa shape index (κ2) is 6.09. The highest BCUT2D eigenvalue weighted by atomic mass is 16.1. The van der Waals surface area contributed by atoms with Crippen LogP contribution < -0.4 is 10.6 Å². The summed E-state index contributed by atoms with van der Waals surface area (Å²) in [4.78, 5) is 16.9. The van der Waals surface area contributed by atoms with E-state index < -0.39 is 0 Å². The first-order valence-corrected chi connectivity index (χ1v) is 8.39. The molecule has 1 amide bonds. The van der Waals surface area contributed by atoms with E-state index in [0.717, 1.165) is 41.3 Å². The lowest BCUT2D eigenvalue weighted by molar-refractivity contribution is 0.102. The molecule has 0 aliphatic carbocycles. The van der Waals surface area contributed by atoms with E-state index in [1.807, 2.05) is 54.9 Å². The molecule has 25 heavy (non-hydrogen) atoms. The van der Waals surface area contributed by atoms with E-state index >= 15 is 0 Å². The molecule has 0 fully saturated rings. The summed E-state index contributed by atoms with van der Waals surface area (Å²) in [7, 11) is 0. The number of hydrogen-bond acceptors (Lipinski definition) is 3. The number of imidazole rings is 1. The zero-order chi connectivity index (χ0) is 17.4. The van der Waals surface area contributed by atoms with Gasteiger partial charge in [-0.3, -0.25) is 4.79 Å². The number of hydrogen-bond donors (Lipinski definition) is 2. The highest BCUT2D eigenvalue weighted by molar-refractivity contribution is 6.05. The Kier molecular flexibility index (Phi) is 3.76. The summed E-state index contributed by atoms with van der Waals surface area (Å²) in [6.07, 6.45) is 4.76. The van der Waals surface area contributed by atoms with E-state index in [-0.39, 0.29) is 5.91 Å². The Bertz CT molecular complexity index is 958. The van der Waals surface area contributed by atoms with Gasteiger partial charge in [0.25, 0.3) is 5.91 Å². The Hall–Kier alpha value is -3.08. The summed E-state index contributed by atoms with van der Waals surface area (Å²) >= 11 is 0. The van der Waals surface area contributed by atoms with Gasteiger partial charge in [-0.2, -0.15) is 0 Å². The van der Waals surface area contributed by atoms with Crippen LogP contribution in [0.2, 0.25) is 0 Å². The lowest BCUT2D eigenvalue weighted by Gasteiger charge is -2.11. The van der Waals surface area contributed by atoms with Gasteiger partial charge in [0, 0.05) is 35.4 Å². The molecule has 1 aromatic heterocycles. The van der Waals surface area contributed by atoms with Crippen molar-refractivity contribution in [2.75, 3.05) is 17.2 Å². The predicted molar refractivity (Wildman–Crippen MR) is 99.6 cm³/mol. The van der Waals surface area contributed by atoms with E-state index in [1.165, 1.54) is 5.56 Å². The Morgan fingerprint density at radius 2 is 2.08 bits per heavy atom. The van der Waals surface area contributed by atoms with Gasteiger partial charge in [-0.15, -0.1) is 0 Å². The lowest BCUT2D eigenvalue weighted by atomic mass is 10.1. The molecule has 0 unspecified atom stereocenters. The van der Waals surface area contributed by atoms with Crippen molar-refractivity contribution >= 4 is 17.3 Å². The van der Waals surface area contributed by atoms with Gasteiger partial charge in [0.05, 0.1) is 12.0 Å². The summed E-state index contributed by atoms with van der Waals surface area (Å²) in [5.41, 5.74) is 6.78. The first-order chi connectivity index (χ1) is 12.1. The number of benzene rings is 2. The Labute approximate surface area is 146 Å². The summed E-state index contributed by atoms with van der Waals surface area (Å²) in [5, 5.41) is 6.32. The van der Waals surface area contributed by atoms with Crippen molar-refractivity contribution in [2.24, 2.45) is 0 Å². The van der Waals surface area contributed by atoms with E-state index in [0.29, 0.717) is 5.56 Å². The smallest absolute Gasteiger partial charge is 0.255 e. The first kappa shape index (κ1) is 15.4. The van der Waals surface area contributed by atoms with Crippen LogP contribution in [-0.2, 0) is 6.42 Å². The predicted octanol–water partition coefficient (Wildman–Crippen LogP) is 3.71. The summed E-state index contributed by atoms with van der Waals surface area (Å²) < 4.78 is 1.96. The van der Waals surface area contributed by atoms with Gasteiger partial charge in [0.2, 0.25) is 0 Å². The number of aryl methyl sites for hydroxylation is 2. The summed E-state index contributed by atoms with van der Waals surface area (Å²) in [5.74, 6) is -0.102. The number of carbonyl (C=O) groups is 1. The molecule has 2 heterocycles. The van der Waals surface area contributed by atoms with Gasteiger partial charge in [-0.05, 0) is 61.7 Å². The molecule has 2 N–H and O–H groups in total. The zero-order valence-electron chi connectivity index (χ0n) is 14.3. The third-order valence-electron chi connectivity index (χ3n) is 4.41. The normalized spacial score (nSPS) is 12.6. The molecule has 1 aliphatic rings. The maximum absolute atomic E-state index is 12.6. The highest BCUT2D eigenvalue weighted by Crippen LogP contribution is 2.24. The molecule has 0 atom stereocenters. The van der Waals surface area contributed by atoms with Crippen molar-refractivity contribution in [1.82, 2.24) is 9.55 Å². The first-order valence-electron chi connectivity index (χ1n) is 8.39. The number of nitrogens with zero attached hydrogens (tertiary/aromatic N) is 2. The fourth-order valence-electron chi connectivity index (χ4n) is 3.18. The molecular weight excluding hydrogens is 312 g/mol. The Morgan fingerprint density at radius 3 is 2.88 bits per heavy atom. The van der Waals surface area contributed by atoms with E-state index in [1.54, 1.807) is 6.33 Å². The van der Waals surface area contributed by atoms with E-state index in [4.69, 9.17) is 0 Å². The molecule has 5 heteroatoms. The van der Waals surface area contributed by atoms with Gasteiger partial charge in [-0.25, -0.2) is 4.98 Å². The van der Waals surface area contributed by atoms with Crippen LogP contribution in [0.4, 0.5) is 11.4 Å². The van der Waals surface area contributed by atoms with Crippen LogP contribution in [0.15, 0.2) is 48.9 Å². The number of nitrogens with one attached hydrogen (secondary N) is 2. The van der Waals surface area contributed by atoms with Gasteiger partial charge in [-0.1, -0.05) is 6.07 Å². The fourth-order valence-corrected chi connectivity index (χ4v) is 3.18. The number of rotatable bonds is 3. The number of amides is 1. The molecule has 3 aromatic rings. The maximum atomic E-state index is 12.6. The van der Waals surface area contributed by atoms with Gasteiger partial charge in [0.15, 0.2) is 0 Å². The van der Waals surface area contributed by atoms with Crippen LogP contribution in [0.5, 0.6) is 0 Å². The summed E-state index contributed by atoms with van der Waals surface area (Å²) in [6, 6.07) is 11.8. The quantitative estimate of drug-likeness (QED) is 0.769. The van der Waals surface area contributed by atoms with Crippen molar-refractivity contribution in [2.45, 2.75) is 20.3 Å².